The molecule has 68 valence electrons. The van der Waals surface area contributed by atoms with Gasteiger partial charge in [0.25, 0.3) is 0 Å². The molecule has 0 aromatic heterocycles. The zero-order valence-electron chi connectivity index (χ0n) is 6.58. The summed E-state index contributed by atoms with van der Waals surface area (Å²) in [4.78, 5) is 0. The van der Waals surface area contributed by atoms with Crippen LogP contribution in [0.15, 0.2) is 0 Å². The van der Waals surface area contributed by atoms with Crippen molar-refractivity contribution in [3.05, 3.63) is 0 Å². The van der Waals surface area contributed by atoms with Crippen LogP contribution in [-0.2, 0) is 4.74 Å². The van der Waals surface area contributed by atoms with Gasteiger partial charge in [-0.1, -0.05) is 13.3 Å². The molecule has 0 unspecified atom stereocenters. The molecule has 5 heteroatoms. The highest BCUT2D eigenvalue weighted by molar-refractivity contribution is 7.64. The second kappa shape index (κ2) is 6.55. The van der Waals surface area contributed by atoms with Gasteiger partial charge in [-0.05, 0) is 6.42 Å². The number of ether oxygens (including phenoxy) is 1. The van der Waals surface area contributed by atoms with Crippen molar-refractivity contribution in [2.45, 2.75) is 25.8 Å². The lowest BCUT2D eigenvalue weighted by Crippen LogP contribution is -2.12. The summed E-state index contributed by atoms with van der Waals surface area (Å²) in [5, 5.41) is 0. The van der Waals surface area contributed by atoms with Crippen LogP contribution >= 0.6 is 33.2 Å². The third-order valence-corrected chi connectivity index (χ3v) is 3.64. The lowest BCUT2D eigenvalue weighted by Gasteiger charge is -2.07. The van der Waals surface area contributed by atoms with E-state index in [1.54, 1.807) is 0 Å². The van der Waals surface area contributed by atoms with Gasteiger partial charge >= 0.3 is 6.00 Å². The first kappa shape index (κ1) is 12.0. The monoisotopic (exact) mass is 234 g/mol. The number of hydrogen-bond acceptors (Lipinski definition) is 1. The van der Waals surface area contributed by atoms with E-state index in [4.69, 9.17) is 38.0 Å². The van der Waals surface area contributed by atoms with E-state index >= 15 is 0 Å². The van der Waals surface area contributed by atoms with Crippen molar-refractivity contribution in [2.75, 3.05) is 13.2 Å². The quantitative estimate of drug-likeness (QED) is 0.389. The van der Waals surface area contributed by atoms with Crippen molar-refractivity contribution in [1.29, 1.82) is 0 Å². The van der Waals surface area contributed by atoms with E-state index in [2.05, 4.69) is 6.92 Å². The van der Waals surface area contributed by atoms with Gasteiger partial charge in [0.2, 0.25) is 0 Å². The van der Waals surface area contributed by atoms with Crippen LogP contribution in [0.25, 0.3) is 0 Å². The van der Waals surface area contributed by atoms with Crippen molar-refractivity contribution in [1.82, 2.24) is 0 Å². The Bertz CT molecular complexity index is 94.3. The highest BCUT2D eigenvalue weighted by atomic mass is 35.8. The van der Waals surface area contributed by atoms with Gasteiger partial charge in [0.1, 0.15) is 0 Å². The standard InChI is InChI=1S/C6H13Cl3OSi/c1-2-3-4-10-5-6-11(7,8)9/h2-6H2,1H3. The zero-order valence-corrected chi connectivity index (χ0v) is 9.85. The molecule has 0 rings (SSSR count). The molecule has 0 bridgehead atoms. The Labute approximate surface area is 83.1 Å². The molecule has 0 aliphatic carbocycles. The maximum Gasteiger partial charge on any atom is 0.343 e. The lowest BCUT2D eigenvalue weighted by atomic mass is 10.4. The first-order chi connectivity index (χ1) is 5.06. The fraction of sp³-hybridized carbons (Fsp3) is 1.00. The summed E-state index contributed by atoms with van der Waals surface area (Å²) in [6.07, 6.45) is 2.23. The van der Waals surface area contributed by atoms with Gasteiger partial charge in [-0.3, -0.25) is 0 Å². The van der Waals surface area contributed by atoms with E-state index in [0.29, 0.717) is 12.7 Å². The summed E-state index contributed by atoms with van der Waals surface area (Å²) in [5.41, 5.74) is 0. The molecule has 0 aromatic carbocycles. The number of rotatable bonds is 6. The van der Waals surface area contributed by atoms with E-state index in [1.807, 2.05) is 0 Å². The lowest BCUT2D eigenvalue weighted by molar-refractivity contribution is 0.144. The predicted molar refractivity (Wildman–Crippen MR) is 53.8 cm³/mol. The second-order valence-corrected chi connectivity index (χ2v) is 11.6. The molecule has 0 radical (unpaired) electrons. The molecule has 0 saturated carbocycles. The number of hydrogen-bond donors (Lipinski definition) is 0. The molecule has 0 atom stereocenters. The molecule has 1 nitrogen and oxygen atoms in total. The first-order valence-electron chi connectivity index (χ1n) is 3.70. The van der Waals surface area contributed by atoms with E-state index in [9.17, 15) is 0 Å². The van der Waals surface area contributed by atoms with Gasteiger partial charge in [-0.25, -0.2) is 0 Å². The molecule has 0 heterocycles. The summed E-state index contributed by atoms with van der Waals surface area (Å²) < 4.78 is 5.23. The molecule has 0 aromatic rings. The van der Waals surface area contributed by atoms with Crippen LogP contribution in [0.3, 0.4) is 0 Å². The Hall–Kier alpha value is 1.05. The second-order valence-electron chi connectivity index (χ2n) is 2.33. The summed E-state index contributed by atoms with van der Waals surface area (Å²) in [6.45, 7) is 3.49. The molecule has 0 aliphatic rings. The van der Waals surface area contributed by atoms with E-state index in [0.717, 1.165) is 19.4 Å². The van der Waals surface area contributed by atoms with Gasteiger partial charge in [0, 0.05) is 19.3 Å². The third-order valence-electron chi connectivity index (χ3n) is 1.17. The van der Waals surface area contributed by atoms with Gasteiger partial charge < -0.3 is 4.74 Å². The Morgan fingerprint density at radius 2 is 1.82 bits per heavy atom. The van der Waals surface area contributed by atoms with Crippen LogP contribution in [0.5, 0.6) is 0 Å². The SMILES string of the molecule is CCCCOCC[Si](Cl)(Cl)Cl. The van der Waals surface area contributed by atoms with Crippen LogP contribution in [0.1, 0.15) is 19.8 Å². The maximum absolute atomic E-state index is 5.64. The highest BCUT2D eigenvalue weighted by Gasteiger charge is 2.23. The van der Waals surface area contributed by atoms with Crippen LogP contribution in [-0.4, -0.2) is 19.2 Å². The van der Waals surface area contributed by atoms with Crippen LogP contribution in [0.2, 0.25) is 6.04 Å². The molecule has 11 heavy (non-hydrogen) atoms. The highest BCUT2D eigenvalue weighted by Crippen LogP contribution is 2.24. The van der Waals surface area contributed by atoms with Crippen molar-refractivity contribution in [2.24, 2.45) is 0 Å². The minimum atomic E-state index is -2.43. The summed E-state index contributed by atoms with van der Waals surface area (Å²) >= 11 is 16.9. The third kappa shape index (κ3) is 11.0. The largest absolute Gasteiger partial charge is 0.382 e. The van der Waals surface area contributed by atoms with Crippen molar-refractivity contribution in [3.63, 3.8) is 0 Å². The molecular formula is C6H13Cl3OSi. The summed E-state index contributed by atoms with van der Waals surface area (Å²) in [7, 11) is 0. The molecule has 0 amide bonds. The molecule has 0 fully saturated rings. The molecular weight excluding hydrogens is 223 g/mol. The van der Waals surface area contributed by atoms with Crippen LogP contribution in [0.4, 0.5) is 0 Å². The van der Waals surface area contributed by atoms with E-state index in [-0.39, 0.29) is 0 Å². The Morgan fingerprint density at radius 3 is 2.27 bits per heavy atom. The zero-order chi connectivity index (χ0) is 8.74. The normalized spacial score (nSPS) is 12.0. The van der Waals surface area contributed by atoms with Gasteiger partial charge in [-0.2, -0.15) is 0 Å². The van der Waals surface area contributed by atoms with Gasteiger partial charge in [-0.15, -0.1) is 33.2 Å². The predicted octanol–water partition coefficient (Wildman–Crippen LogP) is 3.46. The number of unbranched alkanes of at least 4 members (excludes halogenated alkanes) is 1. The average molecular weight is 236 g/mol. The van der Waals surface area contributed by atoms with Gasteiger partial charge in [0.05, 0.1) is 0 Å². The first-order valence-corrected chi connectivity index (χ1v) is 8.95. The number of halogens is 3. The average Bonchev–Trinajstić information content (AvgIpc) is 1.85. The maximum atomic E-state index is 5.64. The van der Waals surface area contributed by atoms with Crippen molar-refractivity contribution < 1.29 is 4.74 Å². The van der Waals surface area contributed by atoms with E-state index in [1.165, 1.54) is 0 Å². The molecule has 0 spiro atoms. The van der Waals surface area contributed by atoms with Crippen LogP contribution in [0, 0.1) is 0 Å². The minimum absolute atomic E-state index is 0.586. The summed E-state index contributed by atoms with van der Waals surface area (Å²) in [5.74, 6) is 0. The van der Waals surface area contributed by atoms with Crippen molar-refractivity contribution >= 4 is 39.2 Å². The minimum Gasteiger partial charge on any atom is -0.382 e. The molecule has 0 N–H and O–H groups in total. The van der Waals surface area contributed by atoms with Gasteiger partial charge in [0.15, 0.2) is 0 Å². The van der Waals surface area contributed by atoms with Crippen LogP contribution < -0.4 is 0 Å². The van der Waals surface area contributed by atoms with Crippen molar-refractivity contribution in [3.8, 4) is 0 Å². The summed E-state index contributed by atoms with van der Waals surface area (Å²) in [6, 6.07) is -1.83. The molecule has 0 aliphatic heterocycles. The smallest absolute Gasteiger partial charge is 0.343 e. The fourth-order valence-corrected chi connectivity index (χ4v) is 1.61. The van der Waals surface area contributed by atoms with E-state index < -0.39 is 6.00 Å². The Kier molecular flexibility index (Phi) is 7.17. The topological polar surface area (TPSA) is 9.23 Å². The Balaban J connectivity index is 3.02. The molecule has 0 saturated heterocycles. The Morgan fingerprint density at radius 1 is 1.18 bits per heavy atom. The fourth-order valence-electron chi connectivity index (χ4n) is 0.536.